The predicted octanol–water partition coefficient (Wildman–Crippen LogP) is 0.639. The topological polar surface area (TPSA) is 72.3 Å². The molecule has 0 aliphatic rings. The summed E-state index contributed by atoms with van der Waals surface area (Å²) in [6, 6.07) is 0. The van der Waals surface area contributed by atoms with Crippen LogP contribution in [0.5, 0.6) is 5.75 Å². The van der Waals surface area contributed by atoms with E-state index in [0.717, 1.165) is 0 Å². The first-order valence-electron chi connectivity index (χ1n) is 3.82. The lowest BCUT2D eigenvalue weighted by Gasteiger charge is -2.02. The molecule has 0 unspecified atom stereocenters. The maximum atomic E-state index is 10.1. The van der Waals surface area contributed by atoms with Crippen LogP contribution >= 0.6 is 0 Å². The van der Waals surface area contributed by atoms with Crippen LogP contribution in [0.25, 0.3) is 0 Å². The Kier molecular flexibility index (Phi) is 3.19. The van der Waals surface area contributed by atoms with Crippen LogP contribution in [0.2, 0.25) is 0 Å². The fraction of sp³-hybridized carbons (Fsp3) is 0.375. The van der Waals surface area contributed by atoms with Gasteiger partial charge in [0.25, 0.3) is 0 Å². The van der Waals surface area contributed by atoms with Gasteiger partial charge in [-0.3, -0.25) is 4.79 Å². The molecule has 0 saturated heterocycles. The Bertz CT molecular complexity index is 284. The van der Waals surface area contributed by atoms with Crippen molar-refractivity contribution in [3.05, 3.63) is 18.2 Å². The van der Waals surface area contributed by atoms with E-state index in [1.165, 1.54) is 12.4 Å². The molecule has 0 aliphatic heterocycles. The Morgan fingerprint density at radius 1 is 1.54 bits per heavy atom. The molecule has 0 saturated carbocycles. The number of hydrogen-bond acceptors (Lipinski definition) is 4. The molecule has 0 aliphatic carbocycles. The molecule has 13 heavy (non-hydrogen) atoms. The van der Waals surface area contributed by atoms with E-state index in [1.54, 1.807) is 6.92 Å². The van der Waals surface area contributed by atoms with Gasteiger partial charge in [0.1, 0.15) is 5.82 Å². The molecule has 1 aromatic rings. The lowest BCUT2D eigenvalue weighted by molar-refractivity contribution is -0.137. The third-order valence-electron chi connectivity index (χ3n) is 1.34. The normalized spacial score (nSPS) is 9.62. The predicted molar refractivity (Wildman–Crippen MR) is 44.5 cm³/mol. The molecule has 1 aromatic heterocycles. The van der Waals surface area contributed by atoms with E-state index in [9.17, 15) is 4.79 Å². The van der Waals surface area contributed by atoms with Gasteiger partial charge in [-0.25, -0.2) is 9.97 Å². The highest BCUT2D eigenvalue weighted by atomic mass is 16.5. The zero-order chi connectivity index (χ0) is 9.68. The highest BCUT2D eigenvalue weighted by molar-refractivity contribution is 5.66. The second kappa shape index (κ2) is 4.39. The monoisotopic (exact) mass is 182 g/mol. The van der Waals surface area contributed by atoms with Gasteiger partial charge in [0, 0.05) is 0 Å². The molecule has 1 rings (SSSR count). The molecule has 0 spiro atoms. The first kappa shape index (κ1) is 9.44. The van der Waals surface area contributed by atoms with Crippen molar-refractivity contribution >= 4 is 5.97 Å². The molecular formula is C8H10N2O3. The van der Waals surface area contributed by atoms with Crippen molar-refractivity contribution in [1.82, 2.24) is 9.97 Å². The smallest absolute Gasteiger partial charge is 0.306 e. The van der Waals surface area contributed by atoms with E-state index < -0.39 is 5.97 Å². The van der Waals surface area contributed by atoms with Gasteiger partial charge < -0.3 is 9.84 Å². The number of aryl methyl sites for hydroxylation is 1. The van der Waals surface area contributed by atoms with E-state index in [0.29, 0.717) is 11.6 Å². The Morgan fingerprint density at radius 3 is 2.69 bits per heavy atom. The van der Waals surface area contributed by atoms with Gasteiger partial charge >= 0.3 is 5.97 Å². The van der Waals surface area contributed by atoms with E-state index in [4.69, 9.17) is 9.84 Å². The quantitative estimate of drug-likeness (QED) is 0.739. The van der Waals surface area contributed by atoms with E-state index in [2.05, 4.69) is 9.97 Å². The first-order chi connectivity index (χ1) is 6.18. The summed E-state index contributed by atoms with van der Waals surface area (Å²) in [4.78, 5) is 17.9. The van der Waals surface area contributed by atoms with Gasteiger partial charge in [0.2, 0.25) is 0 Å². The number of carboxylic acid groups (broad SMARTS) is 1. The van der Waals surface area contributed by atoms with E-state index in [-0.39, 0.29) is 13.0 Å². The maximum Gasteiger partial charge on any atom is 0.306 e. The minimum atomic E-state index is -0.881. The summed E-state index contributed by atoms with van der Waals surface area (Å²) >= 11 is 0. The molecule has 70 valence electrons. The van der Waals surface area contributed by atoms with Crippen LogP contribution in [0.4, 0.5) is 0 Å². The van der Waals surface area contributed by atoms with Crippen LogP contribution in [-0.2, 0) is 4.79 Å². The van der Waals surface area contributed by atoms with Crippen molar-refractivity contribution in [1.29, 1.82) is 0 Å². The minimum absolute atomic E-state index is 0.0200. The van der Waals surface area contributed by atoms with Gasteiger partial charge in [-0.15, -0.1) is 0 Å². The van der Waals surface area contributed by atoms with Crippen molar-refractivity contribution in [2.75, 3.05) is 6.61 Å². The number of aliphatic carboxylic acids is 1. The Labute approximate surface area is 75.4 Å². The summed E-state index contributed by atoms with van der Waals surface area (Å²) in [7, 11) is 0. The van der Waals surface area contributed by atoms with Crippen LogP contribution in [-0.4, -0.2) is 27.7 Å². The summed E-state index contributed by atoms with van der Waals surface area (Å²) in [6.45, 7) is 1.91. The number of rotatable bonds is 4. The van der Waals surface area contributed by atoms with Gasteiger partial charge in [-0.05, 0) is 6.92 Å². The van der Waals surface area contributed by atoms with Crippen molar-refractivity contribution < 1.29 is 14.6 Å². The highest BCUT2D eigenvalue weighted by Gasteiger charge is 1.98. The molecule has 0 aromatic carbocycles. The number of aromatic nitrogens is 2. The molecule has 0 radical (unpaired) electrons. The van der Waals surface area contributed by atoms with Gasteiger partial charge in [0.15, 0.2) is 5.75 Å². The Morgan fingerprint density at radius 2 is 2.15 bits per heavy atom. The number of hydrogen-bond donors (Lipinski definition) is 1. The molecule has 0 amide bonds. The molecular weight excluding hydrogens is 172 g/mol. The van der Waals surface area contributed by atoms with Crippen molar-refractivity contribution in [2.24, 2.45) is 0 Å². The number of ether oxygens (including phenoxy) is 1. The standard InChI is InChI=1S/C8H10N2O3/c1-6-9-4-7(5-10-6)13-3-2-8(11)12/h4-5H,2-3H2,1H3,(H,11,12). The second-order valence-corrected chi connectivity index (χ2v) is 2.46. The number of nitrogens with zero attached hydrogens (tertiary/aromatic N) is 2. The van der Waals surface area contributed by atoms with Crippen LogP contribution in [0, 0.1) is 6.92 Å². The third kappa shape index (κ3) is 3.50. The maximum absolute atomic E-state index is 10.1. The van der Waals surface area contributed by atoms with Crippen LogP contribution in [0.1, 0.15) is 12.2 Å². The zero-order valence-corrected chi connectivity index (χ0v) is 7.23. The van der Waals surface area contributed by atoms with Crippen molar-refractivity contribution in [3.8, 4) is 5.75 Å². The van der Waals surface area contributed by atoms with Crippen LogP contribution in [0.3, 0.4) is 0 Å². The summed E-state index contributed by atoms with van der Waals surface area (Å²) in [5.74, 6) is 0.269. The summed E-state index contributed by atoms with van der Waals surface area (Å²) in [5.41, 5.74) is 0. The average Bonchev–Trinajstić information content (AvgIpc) is 2.08. The largest absolute Gasteiger partial charge is 0.490 e. The van der Waals surface area contributed by atoms with Crippen molar-refractivity contribution in [3.63, 3.8) is 0 Å². The first-order valence-corrected chi connectivity index (χ1v) is 3.82. The van der Waals surface area contributed by atoms with Crippen molar-refractivity contribution in [2.45, 2.75) is 13.3 Å². The van der Waals surface area contributed by atoms with E-state index >= 15 is 0 Å². The second-order valence-electron chi connectivity index (χ2n) is 2.46. The lowest BCUT2D eigenvalue weighted by Crippen LogP contribution is -2.05. The molecule has 1 N–H and O–H groups in total. The highest BCUT2D eigenvalue weighted by Crippen LogP contribution is 2.05. The fourth-order valence-electron chi connectivity index (χ4n) is 0.711. The molecule has 5 heteroatoms. The molecule has 5 nitrogen and oxygen atoms in total. The van der Waals surface area contributed by atoms with Gasteiger partial charge in [0.05, 0.1) is 25.4 Å². The zero-order valence-electron chi connectivity index (χ0n) is 7.23. The third-order valence-corrected chi connectivity index (χ3v) is 1.34. The van der Waals surface area contributed by atoms with E-state index in [1.807, 2.05) is 0 Å². The molecule has 0 bridgehead atoms. The molecule has 0 atom stereocenters. The Hall–Kier alpha value is -1.65. The van der Waals surface area contributed by atoms with Crippen LogP contribution in [0.15, 0.2) is 12.4 Å². The molecule has 0 fully saturated rings. The summed E-state index contributed by atoms with van der Waals surface area (Å²) in [6.07, 6.45) is 3.02. The van der Waals surface area contributed by atoms with Gasteiger partial charge in [-0.2, -0.15) is 0 Å². The fourth-order valence-corrected chi connectivity index (χ4v) is 0.711. The summed E-state index contributed by atoms with van der Waals surface area (Å²) < 4.78 is 5.07. The van der Waals surface area contributed by atoms with Gasteiger partial charge in [-0.1, -0.05) is 0 Å². The number of carbonyl (C=O) groups is 1. The minimum Gasteiger partial charge on any atom is -0.490 e. The lowest BCUT2D eigenvalue weighted by atomic mass is 10.5. The Balaban J connectivity index is 2.37. The van der Waals surface area contributed by atoms with Crippen LogP contribution < -0.4 is 4.74 Å². The number of carboxylic acids is 1. The average molecular weight is 182 g/mol. The SMILES string of the molecule is Cc1ncc(OCCC(=O)O)cn1. The summed E-state index contributed by atoms with van der Waals surface area (Å²) in [5, 5.41) is 8.32. The molecule has 1 heterocycles.